The van der Waals surface area contributed by atoms with Crippen molar-refractivity contribution in [2.75, 3.05) is 19.8 Å². The second-order valence-electron chi connectivity index (χ2n) is 7.70. The molecule has 0 fully saturated rings. The molecule has 2 rings (SSSR count). The molecule has 7 nitrogen and oxygen atoms in total. The number of aryl methyl sites for hydroxylation is 2. The first-order chi connectivity index (χ1) is 15.3. The van der Waals surface area contributed by atoms with Crippen LogP contribution in [0.3, 0.4) is 0 Å². The molecule has 0 aliphatic carbocycles. The zero-order valence-electron chi connectivity index (χ0n) is 19.2. The third-order valence-electron chi connectivity index (χ3n) is 5.05. The smallest absolute Gasteiger partial charge is 0.325 e. The van der Waals surface area contributed by atoms with Gasteiger partial charge in [0.1, 0.15) is 12.3 Å². The summed E-state index contributed by atoms with van der Waals surface area (Å²) < 4.78 is 10.5. The Kier molecular flexibility index (Phi) is 9.73. The number of ether oxygens (including phenoxy) is 2. The van der Waals surface area contributed by atoms with Crippen LogP contribution >= 0.6 is 0 Å². The second kappa shape index (κ2) is 12.5. The first kappa shape index (κ1) is 24.9. The Morgan fingerprint density at radius 3 is 2.38 bits per heavy atom. The average molecular weight is 441 g/mol. The lowest BCUT2D eigenvalue weighted by Gasteiger charge is -2.16. The van der Waals surface area contributed by atoms with Gasteiger partial charge in [0.05, 0.1) is 12.6 Å². The Morgan fingerprint density at radius 1 is 1.00 bits per heavy atom. The van der Waals surface area contributed by atoms with Crippen LogP contribution in [0.15, 0.2) is 42.5 Å². The third kappa shape index (κ3) is 8.06. The van der Waals surface area contributed by atoms with Crippen LogP contribution in [0.2, 0.25) is 0 Å². The van der Waals surface area contributed by atoms with E-state index in [-0.39, 0.29) is 12.6 Å². The zero-order valence-corrected chi connectivity index (χ0v) is 19.2. The maximum atomic E-state index is 12.2. The summed E-state index contributed by atoms with van der Waals surface area (Å²) in [4.78, 5) is 36.1. The van der Waals surface area contributed by atoms with Crippen LogP contribution in [0.5, 0.6) is 5.75 Å². The van der Waals surface area contributed by atoms with E-state index in [1.807, 2.05) is 39.0 Å². The van der Waals surface area contributed by atoms with Crippen molar-refractivity contribution in [1.29, 1.82) is 0 Å². The summed E-state index contributed by atoms with van der Waals surface area (Å²) in [5.41, 5.74) is 3.70. The summed E-state index contributed by atoms with van der Waals surface area (Å²) in [6.45, 7) is 7.88. The molecule has 1 atom stereocenters. The summed E-state index contributed by atoms with van der Waals surface area (Å²) in [6.07, 6.45) is 2.01. The molecule has 0 radical (unpaired) electrons. The minimum atomic E-state index is -0.688. The normalized spacial score (nSPS) is 11.4. The molecule has 2 amide bonds. The van der Waals surface area contributed by atoms with Gasteiger partial charge in [0, 0.05) is 5.56 Å². The van der Waals surface area contributed by atoms with E-state index >= 15 is 0 Å². The topological polar surface area (TPSA) is 93.7 Å². The second-order valence-corrected chi connectivity index (χ2v) is 7.70. The lowest BCUT2D eigenvalue weighted by atomic mass is 10.0. The first-order valence-electron chi connectivity index (χ1n) is 10.8. The van der Waals surface area contributed by atoms with E-state index in [9.17, 15) is 14.4 Å². The SMILES string of the molecule is CCCCOc1ccc(C(=O)NCC(=O)OCC(=O)NC(C)c2ccc(C)c(C)c2)cc1. The number of amides is 2. The van der Waals surface area contributed by atoms with E-state index in [2.05, 4.69) is 17.6 Å². The van der Waals surface area contributed by atoms with Crippen LogP contribution in [0.1, 0.15) is 59.8 Å². The van der Waals surface area contributed by atoms with Crippen molar-refractivity contribution in [2.45, 2.75) is 46.6 Å². The highest BCUT2D eigenvalue weighted by molar-refractivity contribution is 5.96. The third-order valence-corrected chi connectivity index (χ3v) is 5.05. The van der Waals surface area contributed by atoms with Crippen molar-refractivity contribution in [3.8, 4) is 5.75 Å². The first-order valence-corrected chi connectivity index (χ1v) is 10.8. The summed E-state index contributed by atoms with van der Waals surface area (Å²) in [5.74, 6) is -0.814. The molecule has 0 heterocycles. The number of nitrogens with one attached hydrogen (secondary N) is 2. The minimum absolute atomic E-state index is 0.214. The summed E-state index contributed by atoms with van der Waals surface area (Å²) in [5, 5.41) is 5.28. The number of hydrogen-bond acceptors (Lipinski definition) is 5. The van der Waals surface area contributed by atoms with Crippen LogP contribution in [-0.2, 0) is 14.3 Å². The highest BCUT2D eigenvalue weighted by Crippen LogP contribution is 2.16. The number of esters is 1. The predicted molar refractivity (Wildman–Crippen MR) is 123 cm³/mol. The maximum absolute atomic E-state index is 12.2. The van der Waals surface area contributed by atoms with Gasteiger partial charge in [0.2, 0.25) is 0 Å². The fourth-order valence-electron chi connectivity index (χ4n) is 2.89. The Balaban J connectivity index is 1.71. The van der Waals surface area contributed by atoms with Gasteiger partial charge in [-0.2, -0.15) is 0 Å². The van der Waals surface area contributed by atoms with Gasteiger partial charge < -0.3 is 20.1 Å². The Labute approximate surface area is 189 Å². The Bertz CT molecular complexity index is 924. The number of benzene rings is 2. The van der Waals surface area contributed by atoms with Crippen LogP contribution < -0.4 is 15.4 Å². The molecular formula is C25H32N2O5. The monoisotopic (exact) mass is 440 g/mol. The van der Waals surface area contributed by atoms with Gasteiger partial charge in [-0.3, -0.25) is 14.4 Å². The van der Waals surface area contributed by atoms with E-state index in [1.54, 1.807) is 24.3 Å². The van der Waals surface area contributed by atoms with Crippen molar-refractivity contribution in [3.05, 3.63) is 64.7 Å². The molecule has 2 aromatic carbocycles. The molecule has 7 heteroatoms. The van der Waals surface area contributed by atoms with Gasteiger partial charge in [-0.25, -0.2) is 0 Å². The van der Waals surface area contributed by atoms with Gasteiger partial charge in [0.15, 0.2) is 6.61 Å². The van der Waals surface area contributed by atoms with E-state index in [4.69, 9.17) is 9.47 Å². The van der Waals surface area contributed by atoms with Gasteiger partial charge >= 0.3 is 5.97 Å². The molecule has 0 spiro atoms. The molecule has 2 aromatic rings. The molecule has 0 saturated heterocycles. The fraction of sp³-hybridized carbons (Fsp3) is 0.400. The summed E-state index contributed by atoms with van der Waals surface area (Å²) in [6, 6.07) is 12.4. The minimum Gasteiger partial charge on any atom is -0.494 e. The molecule has 0 aliphatic rings. The Hall–Kier alpha value is -3.35. The van der Waals surface area contributed by atoms with Gasteiger partial charge in [-0.05, 0) is 68.1 Å². The van der Waals surface area contributed by atoms with Gasteiger partial charge in [0.25, 0.3) is 11.8 Å². The van der Waals surface area contributed by atoms with E-state index in [0.29, 0.717) is 17.9 Å². The van der Waals surface area contributed by atoms with Crippen LogP contribution in [-0.4, -0.2) is 37.5 Å². The van der Waals surface area contributed by atoms with Crippen molar-refractivity contribution in [3.63, 3.8) is 0 Å². The van der Waals surface area contributed by atoms with Gasteiger partial charge in [-0.15, -0.1) is 0 Å². The van der Waals surface area contributed by atoms with Crippen LogP contribution in [0.4, 0.5) is 0 Å². The lowest BCUT2D eigenvalue weighted by Crippen LogP contribution is -2.34. The average Bonchev–Trinajstić information content (AvgIpc) is 2.78. The molecule has 1 unspecified atom stereocenters. The Morgan fingerprint density at radius 2 is 1.72 bits per heavy atom. The number of unbranched alkanes of at least 4 members (excludes halogenated alkanes) is 1. The molecule has 0 saturated carbocycles. The number of rotatable bonds is 11. The van der Waals surface area contributed by atoms with Crippen molar-refractivity contribution >= 4 is 17.8 Å². The quantitative estimate of drug-likeness (QED) is 0.411. The molecule has 0 aromatic heterocycles. The zero-order chi connectivity index (χ0) is 23.5. The van der Waals surface area contributed by atoms with Crippen molar-refractivity contribution in [2.24, 2.45) is 0 Å². The highest BCUT2D eigenvalue weighted by Gasteiger charge is 2.14. The van der Waals surface area contributed by atoms with Crippen molar-refractivity contribution < 1.29 is 23.9 Å². The summed E-state index contributed by atoms with van der Waals surface area (Å²) in [7, 11) is 0. The molecule has 32 heavy (non-hydrogen) atoms. The van der Waals surface area contributed by atoms with Crippen molar-refractivity contribution in [1.82, 2.24) is 10.6 Å². The highest BCUT2D eigenvalue weighted by atomic mass is 16.5. The molecule has 2 N–H and O–H groups in total. The molecule has 0 aliphatic heterocycles. The van der Waals surface area contributed by atoms with E-state index in [1.165, 1.54) is 5.56 Å². The molecule has 0 bridgehead atoms. The van der Waals surface area contributed by atoms with Crippen LogP contribution in [0.25, 0.3) is 0 Å². The predicted octanol–water partition coefficient (Wildman–Crippen LogP) is 3.63. The van der Waals surface area contributed by atoms with Gasteiger partial charge in [-0.1, -0.05) is 31.5 Å². The number of carbonyl (C=O) groups is 3. The number of hydrogen-bond donors (Lipinski definition) is 2. The lowest BCUT2D eigenvalue weighted by molar-refractivity contribution is -0.147. The maximum Gasteiger partial charge on any atom is 0.325 e. The molecular weight excluding hydrogens is 408 g/mol. The van der Waals surface area contributed by atoms with E-state index < -0.39 is 24.4 Å². The molecule has 172 valence electrons. The number of carbonyl (C=O) groups excluding carboxylic acids is 3. The van der Waals surface area contributed by atoms with Crippen LogP contribution in [0, 0.1) is 13.8 Å². The largest absolute Gasteiger partial charge is 0.494 e. The summed E-state index contributed by atoms with van der Waals surface area (Å²) >= 11 is 0. The van der Waals surface area contributed by atoms with E-state index in [0.717, 1.165) is 24.0 Å². The standard InChI is InChI=1S/C25H32N2O5/c1-5-6-13-31-22-11-9-20(10-12-22)25(30)26-15-24(29)32-16-23(28)27-19(4)21-8-7-17(2)18(3)14-21/h7-12,14,19H,5-6,13,15-16H2,1-4H3,(H,26,30)(H,27,28). The fourth-order valence-corrected chi connectivity index (χ4v) is 2.89.